The van der Waals surface area contributed by atoms with E-state index in [0.717, 1.165) is 5.56 Å². The number of allylic oxidation sites excluding steroid dienone is 1. The van der Waals surface area contributed by atoms with Crippen molar-refractivity contribution in [1.29, 1.82) is 5.26 Å². The lowest BCUT2D eigenvalue weighted by atomic mass is 9.73. The van der Waals surface area contributed by atoms with E-state index in [1.165, 1.54) is 0 Å². The molecule has 3 heterocycles. The molecule has 1 atom stereocenters. The molecule has 0 unspecified atom stereocenters. The number of nitriles is 1. The van der Waals surface area contributed by atoms with Crippen LogP contribution in [0.5, 0.6) is 0 Å². The van der Waals surface area contributed by atoms with Gasteiger partial charge in [0.05, 0.1) is 5.75 Å². The number of hydrogen-bond donors (Lipinski definition) is 2. The Morgan fingerprint density at radius 2 is 2.16 bits per heavy atom. The van der Waals surface area contributed by atoms with Crippen molar-refractivity contribution in [2.45, 2.75) is 25.2 Å². The van der Waals surface area contributed by atoms with Crippen LogP contribution in [0.3, 0.4) is 0 Å². The zero-order chi connectivity index (χ0) is 18.0. The average Bonchev–Trinajstić information content (AvgIpc) is 2.80. The Morgan fingerprint density at radius 1 is 1.40 bits per heavy atom. The predicted molar refractivity (Wildman–Crippen MR) is 89.4 cm³/mol. The molecule has 3 aliphatic rings. The SMILES string of the molecule is Cc1ccc2c(c1)[C@]1(C(=O)N2)C(C#N)=C(N)OC2=C1S(=O)(=O)CCC2. The van der Waals surface area contributed by atoms with Crippen molar-refractivity contribution >= 4 is 21.4 Å². The molecule has 3 N–H and O–H groups in total. The third-order valence-corrected chi connectivity index (χ3v) is 6.84. The van der Waals surface area contributed by atoms with Crippen LogP contribution in [-0.2, 0) is 24.8 Å². The van der Waals surface area contributed by atoms with Gasteiger partial charge in [-0.2, -0.15) is 5.26 Å². The second-order valence-corrected chi connectivity index (χ2v) is 8.43. The second kappa shape index (κ2) is 4.86. The summed E-state index contributed by atoms with van der Waals surface area (Å²) in [6.07, 6.45) is 0.735. The lowest BCUT2D eigenvalue weighted by Gasteiger charge is -2.37. The molecule has 4 rings (SSSR count). The highest BCUT2D eigenvalue weighted by atomic mass is 32.2. The minimum Gasteiger partial charge on any atom is -0.444 e. The number of nitrogens with two attached hydrogens (primary N) is 1. The van der Waals surface area contributed by atoms with Crippen molar-refractivity contribution in [3.8, 4) is 6.07 Å². The number of nitrogens with one attached hydrogen (secondary N) is 1. The zero-order valence-corrected chi connectivity index (χ0v) is 14.2. The van der Waals surface area contributed by atoms with E-state index in [0.29, 0.717) is 24.1 Å². The maximum atomic E-state index is 13.1. The fourth-order valence-corrected chi connectivity index (χ4v) is 5.85. The maximum Gasteiger partial charge on any atom is 0.245 e. The van der Waals surface area contributed by atoms with Gasteiger partial charge in [0.15, 0.2) is 15.3 Å². The maximum absolute atomic E-state index is 13.1. The highest BCUT2D eigenvalue weighted by Gasteiger charge is 2.61. The van der Waals surface area contributed by atoms with E-state index in [4.69, 9.17) is 10.5 Å². The molecular formula is C17H15N3O4S. The number of sulfone groups is 1. The molecular weight excluding hydrogens is 342 g/mol. The number of nitrogens with zero attached hydrogens (tertiary/aromatic N) is 1. The molecule has 0 radical (unpaired) electrons. The second-order valence-electron chi connectivity index (χ2n) is 6.38. The number of rotatable bonds is 0. The topological polar surface area (TPSA) is 122 Å². The number of carbonyl (C=O) groups is 1. The molecule has 8 heteroatoms. The first-order valence-electron chi connectivity index (χ1n) is 7.79. The normalized spacial score (nSPS) is 26.6. The standard InChI is InChI=1S/C17H15N3O4S/c1-9-4-5-12-10(7-9)17(16(21)20-12)11(8-18)15(19)24-13-3-2-6-25(22,23)14(13)17/h4-5,7H,2-3,6,19H2,1H3,(H,20,21)/t17-/m0/s1. The molecule has 0 saturated heterocycles. The van der Waals surface area contributed by atoms with Crippen LogP contribution in [0.4, 0.5) is 5.69 Å². The zero-order valence-electron chi connectivity index (χ0n) is 13.4. The average molecular weight is 357 g/mol. The van der Waals surface area contributed by atoms with Gasteiger partial charge in [-0.25, -0.2) is 8.42 Å². The smallest absolute Gasteiger partial charge is 0.245 e. The molecule has 1 aromatic carbocycles. The van der Waals surface area contributed by atoms with Gasteiger partial charge in [-0.05, 0) is 19.4 Å². The number of amides is 1. The monoisotopic (exact) mass is 357 g/mol. The van der Waals surface area contributed by atoms with Gasteiger partial charge in [0, 0.05) is 17.7 Å². The lowest BCUT2D eigenvalue weighted by molar-refractivity contribution is -0.118. The summed E-state index contributed by atoms with van der Waals surface area (Å²) in [6.45, 7) is 1.83. The van der Waals surface area contributed by atoms with Crippen molar-refractivity contribution < 1.29 is 17.9 Å². The van der Waals surface area contributed by atoms with Gasteiger partial charge in [0.2, 0.25) is 11.8 Å². The molecule has 1 amide bonds. The van der Waals surface area contributed by atoms with Crippen LogP contribution in [-0.4, -0.2) is 20.1 Å². The molecule has 3 aliphatic heterocycles. The summed E-state index contributed by atoms with van der Waals surface area (Å²) < 4.78 is 31.3. The van der Waals surface area contributed by atoms with Crippen LogP contribution in [0.25, 0.3) is 0 Å². The summed E-state index contributed by atoms with van der Waals surface area (Å²) in [6, 6.07) is 7.15. The minimum absolute atomic E-state index is 0.0933. The molecule has 1 spiro atoms. The number of fused-ring (bicyclic) bond motifs is 3. The van der Waals surface area contributed by atoms with Crippen LogP contribution in [0.2, 0.25) is 0 Å². The molecule has 7 nitrogen and oxygen atoms in total. The molecule has 0 aliphatic carbocycles. The molecule has 0 bridgehead atoms. The number of hydrogen-bond acceptors (Lipinski definition) is 6. The van der Waals surface area contributed by atoms with Crippen LogP contribution < -0.4 is 11.1 Å². The van der Waals surface area contributed by atoms with E-state index in [-0.39, 0.29) is 27.9 Å². The largest absolute Gasteiger partial charge is 0.444 e. The molecule has 0 saturated carbocycles. The highest BCUT2D eigenvalue weighted by molar-refractivity contribution is 7.95. The van der Waals surface area contributed by atoms with Crippen molar-refractivity contribution in [2.24, 2.45) is 5.73 Å². The molecule has 0 aromatic heterocycles. The van der Waals surface area contributed by atoms with E-state index >= 15 is 0 Å². The first-order chi connectivity index (χ1) is 11.8. The Balaban J connectivity index is 2.18. The quantitative estimate of drug-likeness (QED) is 0.722. The lowest BCUT2D eigenvalue weighted by Crippen LogP contribution is -2.47. The molecule has 1 aromatic rings. The van der Waals surface area contributed by atoms with Crippen molar-refractivity contribution in [2.75, 3.05) is 11.1 Å². The van der Waals surface area contributed by atoms with E-state index in [1.54, 1.807) is 18.2 Å². The fourth-order valence-electron chi connectivity index (χ4n) is 3.86. The first-order valence-corrected chi connectivity index (χ1v) is 9.44. The van der Waals surface area contributed by atoms with E-state index in [2.05, 4.69) is 5.32 Å². The summed E-state index contributed by atoms with van der Waals surface area (Å²) in [5.41, 5.74) is 5.72. The predicted octanol–water partition coefficient (Wildman–Crippen LogP) is 1.33. The highest BCUT2D eigenvalue weighted by Crippen LogP contribution is 2.55. The number of benzene rings is 1. The summed E-state index contributed by atoms with van der Waals surface area (Å²) in [5, 5.41) is 12.4. The van der Waals surface area contributed by atoms with Gasteiger partial charge in [-0.3, -0.25) is 4.79 Å². The van der Waals surface area contributed by atoms with Gasteiger partial charge >= 0.3 is 0 Å². The Morgan fingerprint density at radius 3 is 2.88 bits per heavy atom. The summed E-state index contributed by atoms with van der Waals surface area (Å²) >= 11 is 0. The third-order valence-electron chi connectivity index (χ3n) is 4.86. The van der Waals surface area contributed by atoms with Gasteiger partial charge in [-0.1, -0.05) is 17.7 Å². The molecule has 0 fully saturated rings. The van der Waals surface area contributed by atoms with Gasteiger partial charge in [0.1, 0.15) is 22.3 Å². The van der Waals surface area contributed by atoms with Crippen molar-refractivity contribution in [3.63, 3.8) is 0 Å². The summed E-state index contributed by atoms with van der Waals surface area (Å²) in [5.74, 6) is -0.742. The van der Waals surface area contributed by atoms with Crippen LogP contribution in [0.1, 0.15) is 24.0 Å². The van der Waals surface area contributed by atoms with Gasteiger partial charge < -0.3 is 15.8 Å². The van der Waals surface area contributed by atoms with E-state index < -0.39 is 21.2 Å². The Hall–Kier alpha value is -2.79. The van der Waals surface area contributed by atoms with Crippen LogP contribution in [0.15, 0.2) is 40.3 Å². The summed E-state index contributed by atoms with van der Waals surface area (Å²) in [4.78, 5) is 12.9. The van der Waals surface area contributed by atoms with E-state index in [1.807, 2.05) is 13.0 Å². The van der Waals surface area contributed by atoms with Gasteiger partial charge in [0.25, 0.3) is 0 Å². The number of ether oxygens (including phenoxy) is 1. The third kappa shape index (κ3) is 1.84. The number of aryl methyl sites for hydroxylation is 1. The Kier molecular flexibility index (Phi) is 3.06. The minimum atomic E-state index is -3.78. The van der Waals surface area contributed by atoms with Crippen LogP contribution >= 0.6 is 0 Å². The van der Waals surface area contributed by atoms with Crippen molar-refractivity contribution in [1.82, 2.24) is 0 Å². The van der Waals surface area contributed by atoms with Crippen LogP contribution in [0, 0.1) is 18.3 Å². The summed E-state index contributed by atoms with van der Waals surface area (Å²) in [7, 11) is -3.78. The van der Waals surface area contributed by atoms with E-state index in [9.17, 15) is 18.5 Å². The Bertz CT molecular complexity index is 1050. The number of carbonyl (C=O) groups excluding carboxylic acids is 1. The molecule has 128 valence electrons. The Labute approximate surface area is 144 Å². The number of anilines is 1. The fraction of sp³-hybridized carbons (Fsp3) is 0.294. The van der Waals surface area contributed by atoms with Crippen molar-refractivity contribution in [3.05, 3.63) is 51.4 Å². The van der Waals surface area contributed by atoms with Gasteiger partial charge in [-0.15, -0.1) is 0 Å². The molecule has 25 heavy (non-hydrogen) atoms. The first kappa shape index (κ1) is 15.7.